The summed E-state index contributed by atoms with van der Waals surface area (Å²) in [5, 5.41) is 9.73. The molecule has 0 bridgehead atoms. The molecule has 0 radical (unpaired) electrons. The summed E-state index contributed by atoms with van der Waals surface area (Å²) < 4.78 is 5.73. The van der Waals surface area contributed by atoms with Gasteiger partial charge in [0.05, 0.1) is 17.6 Å². The highest BCUT2D eigenvalue weighted by molar-refractivity contribution is 5.97. The first kappa shape index (κ1) is 16.6. The van der Waals surface area contributed by atoms with E-state index >= 15 is 0 Å². The third-order valence-electron chi connectivity index (χ3n) is 3.76. The molecule has 2 aromatic carbocycles. The average molecular weight is 335 g/mol. The number of rotatable bonds is 7. The zero-order valence-corrected chi connectivity index (χ0v) is 13.5. The minimum atomic E-state index is -0.983. The fourth-order valence-electron chi connectivity index (χ4n) is 2.47. The number of ketones is 1. The Bertz CT molecular complexity index is 920. The van der Waals surface area contributed by atoms with Crippen LogP contribution in [0.1, 0.15) is 28.9 Å². The fraction of sp³-hybridized carbons (Fsp3) is 0.150. The number of nitrogens with zero attached hydrogens (tertiary/aromatic N) is 1. The molecular weight excluding hydrogens is 318 g/mol. The second kappa shape index (κ2) is 7.57. The molecule has 5 heteroatoms. The molecule has 25 heavy (non-hydrogen) atoms. The van der Waals surface area contributed by atoms with E-state index < -0.39 is 5.97 Å². The fourth-order valence-corrected chi connectivity index (χ4v) is 2.47. The summed E-state index contributed by atoms with van der Waals surface area (Å²) in [4.78, 5) is 27.1. The van der Waals surface area contributed by atoms with Gasteiger partial charge in [-0.1, -0.05) is 36.4 Å². The number of carboxylic acid groups (broad SMARTS) is 1. The summed E-state index contributed by atoms with van der Waals surface area (Å²) in [6, 6.07) is 18.5. The molecule has 3 rings (SSSR count). The van der Waals surface area contributed by atoms with E-state index in [0.29, 0.717) is 11.3 Å². The highest BCUT2D eigenvalue weighted by Crippen LogP contribution is 2.18. The van der Waals surface area contributed by atoms with Gasteiger partial charge in [-0.3, -0.25) is 9.59 Å². The lowest BCUT2D eigenvalue weighted by Crippen LogP contribution is -2.04. The molecule has 0 atom stereocenters. The molecule has 0 amide bonds. The Morgan fingerprint density at radius 1 is 0.960 bits per heavy atom. The summed E-state index contributed by atoms with van der Waals surface area (Å²) in [7, 11) is 0. The van der Waals surface area contributed by atoms with Crippen LogP contribution < -0.4 is 4.74 Å². The zero-order chi connectivity index (χ0) is 17.6. The number of fused-ring (bicyclic) bond motifs is 1. The molecule has 0 aliphatic carbocycles. The predicted molar refractivity (Wildman–Crippen MR) is 93.7 cm³/mol. The van der Waals surface area contributed by atoms with Crippen LogP contribution in [0, 0.1) is 0 Å². The summed E-state index contributed by atoms with van der Waals surface area (Å²) in [6.07, 6.45) is -0.198. The third kappa shape index (κ3) is 4.41. The Morgan fingerprint density at radius 2 is 1.80 bits per heavy atom. The Balaban J connectivity index is 1.67. The lowest BCUT2D eigenvalue weighted by molar-refractivity contribution is -0.136. The van der Waals surface area contributed by atoms with Crippen molar-refractivity contribution < 1.29 is 19.4 Å². The highest BCUT2D eigenvalue weighted by atomic mass is 16.5. The van der Waals surface area contributed by atoms with Gasteiger partial charge in [0.25, 0.3) is 0 Å². The van der Waals surface area contributed by atoms with Crippen molar-refractivity contribution in [3.05, 3.63) is 71.9 Å². The quantitative estimate of drug-likeness (QED) is 0.663. The maximum atomic E-state index is 12.0. The molecule has 0 saturated heterocycles. The molecule has 0 fully saturated rings. The normalized spacial score (nSPS) is 10.6. The van der Waals surface area contributed by atoms with E-state index in [0.717, 1.165) is 16.6 Å². The molecule has 126 valence electrons. The van der Waals surface area contributed by atoms with Gasteiger partial charge >= 0.3 is 5.97 Å². The lowest BCUT2D eigenvalue weighted by atomic mass is 10.1. The summed E-state index contributed by atoms with van der Waals surface area (Å²) in [5.41, 5.74) is 2.15. The van der Waals surface area contributed by atoms with Crippen LogP contribution in [0.3, 0.4) is 0 Å². The number of aromatic nitrogens is 1. The Morgan fingerprint density at radius 3 is 2.64 bits per heavy atom. The molecule has 1 aromatic heterocycles. The molecule has 1 N–H and O–H groups in total. The van der Waals surface area contributed by atoms with Gasteiger partial charge in [-0.25, -0.2) is 4.98 Å². The summed E-state index contributed by atoms with van der Waals surface area (Å²) in [6.45, 7) is 0.289. The molecule has 0 saturated carbocycles. The second-order valence-electron chi connectivity index (χ2n) is 5.63. The Hall–Kier alpha value is -3.21. The number of aliphatic carboxylic acids is 1. The molecule has 5 nitrogen and oxygen atoms in total. The standard InChI is InChI=1S/C20H17NO4/c22-19(10-11-20(23)24)15-5-3-6-17(12-15)25-13-16-9-8-14-4-1-2-7-18(14)21-16/h1-9,12H,10-11,13H2,(H,23,24). The molecule has 0 spiro atoms. The summed E-state index contributed by atoms with van der Waals surface area (Å²) >= 11 is 0. The average Bonchev–Trinajstić information content (AvgIpc) is 2.64. The summed E-state index contributed by atoms with van der Waals surface area (Å²) in [5.74, 6) is -0.643. The van der Waals surface area contributed by atoms with Crippen LogP contribution in [0.4, 0.5) is 0 Å². The van der Waals surface area contributed by atoms with E-state index in [4.69, 9.17) is 9.84 Å². The molecule has 3 aromatic rings. The number of carboxylic acids is 1. The topological polar surface area (TPSA) is 76.5 Å². The van der Waals surface area contributed by atoms with Crippen molar-refractivity contribution in [2.45, 2.75) is 19.4 Å². The predicted octanol–water partition coefficient (Wildman–Crippen LogP) is 3.86. The van der Waals surface area contributed by atoms with E-state index in [1.165, 1.54) is 0 Å². The Labute approximate surface area is 144 Å². The minimum absolute atomic E-state index is 0.0228. The van der Waals surface area contributed by atoms with Gasteiger partial charge in [-0.15, -0.1) is 0 Å². The van der Waals surface area contributed by atoms with E-state index in [1.54, 1.807) is 24.3 Å². The van der Waals surface area contributed by atoms with Gasteiger partial charge in [-0.05, 0) is 24.3 Å². The van der Waals surface area contributed by atoms with Gasteiger partial charge in [-0.2, -0.15) is 0 Å². The number of ether oxygens (including phenoxy) is 1. The van der Waals surface area contributed by atoms with Crippen LogP contribution in [0.15, 0.2) is 60.7 Å². The van der Waals surface area contributed by atoms with Gasteiger partial charge < -0.3 is 9.84 Å². The first-order valence-corrected chi connectivity index (χ1v) is 7.94. The van der Waals surface area contributed by atoms with E-state index in [2.05, 4.69) is 4.98 Å². The van der Waals surface area contributed by atoms with Crippen molar-refractivity contribution in [1.82, 2.24) is 4.98 Å². The molecule has 0 unspecified atom stereocenters. The van der Waals surface area contributed by atoms with E-state index in [-0.39, 0.29) is 25.2 Å². The SMILES string of the molecule is O=C(O)CCC(=O)c1cccc(OCc2ccc3ccccc3n2)c1. The number of carbonyl (C=O) groups is 2. The number of hydrogen-bond donors (Lipinski definition) is 1. The van der Waals surface area contributed by atoms with Crippen LogP contribution in [-0.4, -0.2) is 21.8 Å². The van der Waals surface area contributed by atoms with Crippen molar-refractivity contribution in [3.8, 4) is 5.75 Å². The van der Waals surface area contributed by atoms with Crippen LogP contribution in [-0.2, 0) is 11.4 Å². The van der Waals surface area contributed by atoms with E-state index in [9.17, 15) is 9.59 Å². The van der Waals surface area contributed by atoms with Gasteiger partial charge in [0, 0.05) is 17.4 Å². The lowest BCUT2D eigenvalue weighted by Gasteiger charge is -2.08. The van der Waals surface area contributed by atoms with Crippen molar-refractivity contribution in [1.29, 1.82) is 0 Å². The molecule has 0 aliphatic rings. The number of pyridine rings is 1. The first-order valence-electron chi connectivity index (χ1n) is 7.94. The van der Waals surface area contributed by atoms with Crippen LogP contribution in [0.5, 0.6) is 5.75 Å². The smallest absolute Gasteiger partial charge is 0.303 e. The van der Waals surface area contributed by atoms with Crippen LogP contribution in [0.2, 0.25) is 0 Å². The van der Waals surface area contributed by atoms with Crippen molar-refractivity contribution in [3.63, 3.8) is 0 Å². The zero-order valence-electron chi connectivity index (χ0n) is 13.5. The highest BCUT2D eigenvalue weighted by Gasteiger charge is 2.09. The van der Waals surface area contributed by atoms with Gasteiger partial charge in [0.15, 0.2) is 5.78 Å². The Kier molecular flexibility index (Phi) is 5.04. The first-order chi connectivity index (χ1) is 12.1. The molecule has 1 heterocycles. The van der Waals surface area contributed by atoms with Crippen molar-refractivity contribution >= 4 is 22.7 Å². The monoisotopic (exact) mass is 335 g/mol. The van der Waals surface area contributed by atoms with Crippen LogP contribution in [0.25, 0.3) is 10.9 Å². The van der Waals surface area contributed by atoms with Crippen molar-refractivity contribution in [2.24, 2.45) is 0 Å². The number of para-hydroxylation sites is 1. The van der Waals surface area contributed by atoms with Gasteiger partial charge in [0.2, 0.25) is 0 Å². The van der Waals surface area contributed by atoms with Crippen molar-refractivity contribution in [2.75, 3.05) is 0 Å². The second-order valence-corrected chi connectivity index (χ2v) is 5.63. The van der Waals surface area contributed by atoms with E-state index in [1.807, 2.05) is 36.4 Å². The largest absolute Gasteiger partial charge is 0.487 e. The maximum Gasteiger partial charge on any atom is 0.303 e. The number of Topliss-reactive ketones (excluding diaryl/α,β-unsaturated/α-hetero) is 1. The van der Waals surface area contributed by atoms with Gasteiger partial charge in [0.1, 0.15) is 12.4 Å². The number of carbonyl (C=O) groups excluding carboxylic acids is 1. The molecular formula is C20H17NO4. The minimum Gasteiger partial charge on any atom is -0.487 e. The molecule has 0 aliphatic heterocycles. The third-order valence-corrected chi connectivity index (χ3v) is 3.76. The van der Waals surface area contributed by atoms with Crippen LogP contribution >= 0.6 is 0 Å². The maximum absolute atomic E-state index is 12.0. The number of hydrogen-bond acceptors (Lipinski definition) is 4. The number of benzene rings is 2.